The number of aromatic nitrogens is 2. The normalized spacial score (nSPS) is 14.8. The molecule has 27 heavy (non-hydrogen) atoms. The Morgan fingerprint density at radius 3 is 2.70 bits per heavy atom. The Kier molecular flexibility index (Phi) is 7.24. The van der Waals surface area contributed by atoms with Crippen LogP contribution in [0.25, 0.3) is 0 Å². The number of thiocarbonyl (C=S) groups is 1. The van der Waals surface area contributed by atoms with E-state index >= 15 is 0 Å². The third kappa shape index (κ3) is 6.33. The maximum Gasteiger partial charge on any atom is 0.232 e. The zero-order valence-electron chi connectivity index (χ0n) is 15.6. The van der Waals surface area contributed by atoms with Crippen molar-refractivity contribution in [2.24, 2.45) is 5.92 Å². The molecule has 2 aromatic rings. The Balaban J connectivity index is 1.48. The fraction of sp³-hybridized carbons (Fsp3) is 0.450. The molecule has 1 aliphatic rings. The smallest absolute Gasteiger partial charge is 0.232 e. The van der Waals surface area contributed by atoms with Gasteiger partial charge in [-0.3, -0.25) is 0 Å². The molecule has 2 heterocycles. The third-order valence-electron chi connectivity index (χ3n) is 4.78. The van der Waals surface area contributed by atoms with Crippen molar-refractivity contribution in [2.45, 2.75) is 32.6 Å². The average molecular weight is 404 g/mol. The van der Waals surface area contributed by atoms with Gasteiger partial charge in [0.2, 0.25) is 5.95 Å². The highest BCUT2D eigenvalue weighted by molar-refractivity contribution is 7.80. The molecule has 1 aromatic carbocycles. The van der Waals surface area contributed by atoms with E-state index in [9.17, 15) is 0 Å². The number of aryl methyl sites for hydroxylation is 1. The standard InChI is InChI=1S/C20H26ClN5S/c1-15-9-12-26(13-10-15)18-14-17(21)23-19(24-18)25-20(27)22-11-5-8-16-6-3-2-4-7-16/h2-4,6-7,14-15H,5,8-13H2,1H3,(H2,22,23,24,25,27). The number of halogens is 1. The molecular weight excluding hydrogens is 378 g/mol. The Morgan fingerprint density at radius 1 is 1.22 bits per heavy atom. The number of anilines is 2. The molecule has 1 saturated heterocycles. The van der Waals surface area contributed by atoms with E-state index < -0.39 is 0 Å². The topological polar surface area (TPSA) is 53.1 Å². The van der Waals surface area contributed by atoms with Crippen molar-refractivity contribution in [3.8, 4) is 0 Å². The van der Waals surface area contributed by atoms with Crippen LogP contribution in [0.3, 0.4) is 0 Å². The number of nitrogens with zero attached hydrogens (tertiary/aromatic N) is 3. The van der Waals surface area contributed by atoms with Crippen LogP contribution in [0.4, 0.5) is 11.8 Å². The molecule has 7 heteroatoms. The van der Waals surface area contributed by atoms with E-state index in [-0.39, 0.29) is 0 Å². The number of rotatable bonds is 6. The van der Waals surface area contributed by atoms with Crippen LogP contribution in [0, 0.1) is 5.92 Å². The van der Waals surface area contributed by atoms with Gasteiger partial charge in [-0.05, 0) is 49.4 Å². The summed E-state index contributed by atoms with van der Waals surface area (Å²) in [6.45, 7) is 5.07. The zero-order chi connectivity index (χ0) is 19.1. The average Bonchev–Trinajstić information content (AvgIpc) is 2.66. The molecule has 1 aliphatic heterocycles. The molecule has 0 saturated carbocycles. The third-order valence-corrected chi connectivity index (χ3v) is 5.22. The zero-order valence-corrected chi connectivity index (χ0v) is 17.2. The summed E-state index contributed by atoms with van der Waals surface area (Å²) < 4.78 is 0. The second-order valence-electron chi connectivity index (χ2n) is 7.01. The Labute approximate surface area is 171 Å². The summed E-state index contributed by atoms with van der Waals surface area (Å²) in [4.78, 5) is 11.1. The fourth-order valence-electron chi connectivity index (χ4n) is 3.15. The first kappa shape index (κ1) is 19.8. The molecule has 1 fully saturated rings. The maximum atomic E-state index is 6.19. The molecular formula is C20H26ClN5S. The number of piperidine rings is 1. The highest BCUT2D eigenvalue weighted by Crippen LogP contribution is 2.24. The molecule has 0 aliphatic carbocycles. The Morgan fingerprint density at radius 2 is 1.96 bits per heavy atom. The maximum absolute atomic E-state index is 6.19. The summed E-state index contributed by atoms with van der Waals surface area (Å²) in [5.41, 5.74) is 1.33. The summed E-state index contributed by atoms with van der Waals surface area (Å²) in [5, 5.41) is 7.21. The number of hydrogen-bond donors (Lipinski definition) is 2. The molecule has 5 nitrogen and oxygen atoms in total. The summed E-state index contributed by atoms with van der Waals surface area (Å²) in [6.07, 6.45) is 4.36. The largest absolute Gasteiger partial charge is 0.362 e. The van der Waals surface area contributed by atoms with Crippen LogP contribution in [-0.4, -0.2) is 34.7 Å². The lowest BCUT2D eigenvalue weighted by atomic mass is 9.99. The van der Waals surface area contributed by atoms with Gasteiger partial charge in [0.15, 0.2) is 5.11 Å². The lowest BCUT2D eigenvalue weighted by molar-refractivity contribution is 0.436. The van der Waals surface area contributed by atoms with Gasteiger partial charge in [0, 0.05) is 25.7 Å². The van der Waals surface area contributed by atoms with E-state index in [1.807, 2.05) is 12.1 Å². The van der Waals surface area contributed by atoms with Crippen molar-refractivity contribution in [2.75, 3.05) is 29.9 Å². The highest BCUT2D eigenvalue weighted by atomic mass is 35.5. The van der Waals surface area contributed by atoms with Crippen LogP contribution in [0.1, 0.15) is 31.7 Å². The van der Waals surface area contributed by atoms with Gasteiger partial charge in [0.1, 0.15) is 11.0 Å². The van der Waals surface area contributed by atoms with Gasteiger partial charge in [-0.1, -0.05) is 48.9 Å². The van der Waals surface area contributed by atoms with Gasteiger partial charge >= 0.3 is 0 Å². The lowest BCUT2D eigenvalue weighted by Gasteiger charge is -2.31. The van der Waals surface area contributed by atoms with Crippen LogP contribution in [0.5, 0.6) is 0 Å². The quantitative estimate of drug-likeness (QED) is 0.426. The van der Waals surface area contributed by atoms with Crippen molar-refractivity contribution < 1.29 is 0 Å². The summed E-state index contributed by atoms with van der Waals surface area (Å²) in [5.74, 6) is 2.07. The van der Waals surface area contributed by atoms with Gasteiger partial charge in [0.25, 0.3) is 0 Å². The van der Waals surface area contributed by atoms with Gasteiger partial charge in [-0.25, -0.2) is 4.98 Å². The molecule has 3 rings (SSSR count). The first-order valence-corrected chi connectivity index (χ1v) is 10.3. The molecule has 0 radical (unpaired) electrons. The molecule has 2 N–H and O–H groups in total. The second-order valence-corrected chi connectivity index (χ2v) is 7.81. The van der Waals surface area contributed by atoms with Crippen LogP contribution in [0.2, 0.25) is 5.15 Å². The first-order chi connectivity index (χ1) is 13.1. The van der Waals surface area contributed by atoms with Crippen molar-refractivity contribution in [1.29, 1.82) is 0 Å². The Hall–Kier alpha value is -1.92. The fourth-order valence-corrected chi connectivity index (χ4v) is 3.52. The van der Waals surface area contributed by atoms with Crippen LogP contribution >= 0.6 is 23.8 Å². The van der Waals surface area contributed by atoms with E-state index in [1.54, 1.807) is 0 Å². The molecule has 0 unspecified atom stereocenters. The van der Waals surface area contributed by atoms with Gasteiger partial charge in [0.05, 0.1) is 0 Å². The summed E-state index contributed by atoms with van der Waals surface area (Å²) in [6, 6.07) is 12.3. The van der Waals surface area contributed by atoms with Crippen LogP contribution < -0.4 is 15.5 Å². The van der Waals surface area contributed by atoms with E-state index in [2.05, 4.69) is 56.7 Å². The molecule has 0 atom stereocenters. The molecule has 144 valence electrons. The Bertz CT molecular complexity index is 747. The van der Waals surface area contributed by atoms with E-state index in [0.717, 1.165) is 44.2 Å². The van der Waals surface area contributed by atoms with Gasteiger partial charge < -0.3 is 15.5 Å². The lowest BCUT2D eigenvalue weighted by Crippen LogP contribution is -2.34. The minimum Gasteiger partial charge on any atom is -0.362 e. The van der Waals surface area contributed by atoms with Crippen molar-refractivity contribution >= 4 is 40.7 Å². The van der Waals surface area contributed by atoms with Crippen molar-refractivity contribution in [3.05, 3.63) is 47.1 Å². The van der Waals surface area contributed by atoms with Gasteiger partial charge in [-0.2, -0.15) is 4.98 Å². The molecule has 0 spiro atoms. The predicted molar refractivity (Wildman–Crippen MR) is 117 cm³/mol. The number of benzene rings is 1. The van der Waals surface area contributed by atoms with Crippen LogP contribution in [0.15, 0.2) is 36.4 Å². The SMILES string of the molecule is CC1CCN(c2cc(Cl)nc(NC(=S)NCCCc3ccccc3)n2)CC1. The number of nitrogens with one attached hydrogen (secondary N) is 2. The van der Waals surface area contributed by atoms with E-state index in [0.29, 0.717) is 16.2 Å². The first-order valence-electron chi connectivity index (χ1n) is 9.48. The summed E-state index contributed by atoms with van der Waals surface area (Å²) in [7, 11) is 0. The van der Waals surface area contributed by atoms with E-state index in [1.165, 1.54) is 18.4 Å². The monoisotopic (exact) mass is 403 g/mol. The highest BCUT2D eigenvalue weighted by Gasteiger charge is 2.18. The minimum atomic E-state index is 0.424. The van der Waals surface area contributed by atoms with Crippen LogP contribution in [-0.2, 0) is 6.42 Å². The molecule has 0 amide bonds. The molecule has 1 aromatic heterocycles. The molecule has 0 bridgehead atoms. The van der Waals surface area contributed by atoms with Crippen molar-refractivity contribution in [1.82, 2.24) is 15.3 Å². The second kappa shape index (κ2) is 9.85. The van der Waals surface area contributed by atoms with E-state index in [4.69, 9.17) is 23.8 Å². The summed E-state index contributed by atoms with van der Waals surface area (Å²) >= 11 is 11.6. The predicted octanol–water partition coefficient (Wildman–Crippen LogP) is 4.29. The van der Waals surface area contributed by atoms with Crippen molar-refractivity contribution in [3.63, 3.8) is 0 Å². The number of hydrogen-bond acceptors (Lipinski definition) is 4. The minimum absolute atomic E-state index is 0.424. The van der Waals surface area contributed by atoms with Gasteiger partial charge in [-0.15, -0.1) is 0 Å².